The van der Waals surface area contributed by atoms with E-state index in [1.807, 2.05) is 11.9 Å². The Kier molecular flexibility index (Phi) is 5.77. The van der Waals surface area contributed by atoms with Crippen molar-refractivity contribution < 1.29 is 9.53 Å². The molecule has 1 saturated carbocycles. The van der Waals surface area contributed by atoms with Crippen LogP contribution in [0.3, 0.4) is 0 Å². The zero-order valence-corrected chi connectivity index (χ0v) is 10.4. The molecule has 0 atom stereocenters. The smallest absolute Gasteiger partial charge is 0.225 e. The van der Waals surface area contributed by atoms with Gasteiger partial charge in [0.1, 0.15) is 0 Å². The highest BCUT2D eigenvalue weighted by atomic mass is 16.5. The van der Waals surface area contributed by atoms with E-state index in [2.05, 4.69) is 0 Å². The lowest BCUT2D eigenvalue weighted by atomic mass is 9.85. The second-order valence-corrected chi connectivity index (χ2v) is 4.72. The van der Waals surface area contributed by atoms with E-state index in [0.29, 0.717) is 12.6 Å². The summed E-state index contributed by atoms with van der Waals surface area (Å²) in [4.78, 5) is 13.9. The van der Waals surface area contributed by atoms with Crippen LogP contribution in [0.15, 0.2) is 0 Å². The van der Waals surface area contributed by atoms with Crippen LogP contribution in [0.1, 0.15) is 32.1 Å². The van der Waals surface area contributed by atoms with Gasteiger partial charge in [-0.3, -0.25) is 4.79 Å². The second kappa shape index (κ2) is 6.86. The maximum absolute atomic E-state index is 12.0. The average molecular weight is 228 g/mol. The Balaban J connectivity index is 2.27. The summed E-state index contributed by atoms with van der Waals surface area (Å²) in [6.45, 7) is 1.50. The number of ether oxygens (including phenoxy) is 1. The largest absolute Gasteiger partial charge is 0.385 e. The van der Waals surface area contributed by atoms with E-state index >= 15 is 0 Å². The summed E-state index contributed by atoms with van der Waals surface area (Å²) < 4.78 is 4.98. The lowest BCUT2D eigenvalue weighted by Crippen LogP contribution is -2.38. The molecule has 1 aliphatic carbocycles. The van der Waals surface area contributed by atoms with Crippen LogP contribution in [0, 0.1) is 5.92 Å². The summed E-state index contributed by atoms with van der Waals surface area (Å²) in [5.41, 5.74) is 5.83. The van der Waals surface area contributed by atoms with E-state index in [9.17, 15) is 4.79 Å². The van der Waals surface area contributed by atoms with Crippen molar-refractivity contribution >= 4 is 5.91 Å². The van der Waals surface area contributed by atoms with E-state index in [1.165, 1.54) is 0 Å². The number of nitrogens with zero attached hydrogens (tertiary/aromatic N) is 1. The van der Waals surface area contributed by atoms with E-state index < -0.39 is 0 Å². The van der Waals surface area contributed by atoms with E-state index in [-0.39, 0.29) is 11.8 Å². The number of methoxy groups -OCH3 is 1. The fourth-order valence-corrected chi connectivity index (χ4v) is 2.23. The van der Waals surface area contributed by atoms with Gasteiger partial charge in [-0.2, -0.15) is 0 Å². The van der Waals surface area contributed by atoms with Gasteiger partial charge in [0.25, 0.3) is 0 Å². The summed E-state index contributed by atoms with van der Waals surface area (Å²) in [5.74, 6) is 0.482. The first kappa shape index (κ1) is 13.5. The third-order valence-corrected chi connectivity index (χ3v) is 3.34. The van der Waals surface area contributed by atoms with Gasteiger partial charge in [-0.15, -0.1) is 0 Å². The molecule has 1 rings (SSSR count). The Morgan fingerprint density at radius 1 is 1.38 bits per heavy atom. The van der Waals surface area contributed by atoms with Gasteiger partial charge in [0.05, 0.1) is 0 Å². The number of nitrogens with two attached hydrogens (primary N) is 1. The molecule has 0 unspecified atom stereocenters. The van der Waals surface area contributed by atoms with Crippen molar-refractivity contribution in [2.45, 2.75) is 38.1 Å². The first-order chi connectivity index (χ1) is 7.65. The van der Waals surface area contributed by atoms with Crippen LogP contribution in [-0.4, -0.2) is 44.2 Å². The van der Waals surface area contributed by atoms with E-state index in [0.717, 1.165) is 38.6 Å². The molecule has 0 spiro atoms. The molecule has 0 radical (unpaired) electrons. The van der Waals surface area contributed by atoms with Crippen LogP contribution in [0.5, 0.6) is 0 Å². The van der Waals surface area contributed by atoms with Crippen molar-refractivity contribution in [3.8, 4) is 0 Å². The first-order valence-corrected chi connectivity index (χ1v) is 6.14. The van der Waals surface area contributed by atoms with Crippen LogP contribution in [0.2, 0.25) is 0 Å². The zero-order valence-electron chi connectivity index (χ0n) is 10.4. The van der Waals surface area contributed by atoms with Crippen LogP contribution in [0.25, 0.3) is 0 Å². The lowest BCUT2D eigenvalue weighted by molar-refractivity contribution is -0.135. The van der Waals surface area contributed by atoms with Gasteiger partial charge in [-0.25, -0.2) is 0 Å². The van der Waals surface area contributed by atoms with Crippen molar-refractivity contribution in [3.63, 3.8) is 0 Å². The van der Waals surface area contributed by atoms with Gasteiger partial charge in [0, 0.05) is 39.3 Å². The van der Waals surface area contributed by atoms with Crippen molar-refractivity contribution in [3.05, 3.63) is 0 Å². The molecule has 4 nitrogen and oxygen atoms in total. The molecule has 0 aromatic heterocycles. The van der Waals surface area contributed by atoms with Crippen LogP contribution >= 0.6 is 0 Å². The molecule has 0 saturated heterocycles. The van der Waals surface area contributed by atoms with Crippen molar-refractivity contribution in [1.82, 2.24) is 4.90 Å². The molecule has 1 amide bonds. The molecule has 0 bridgehead atoms. The topological polar surface area (TPSA) is 55.6 Å². The summed E-state index contributed by atoms with van der Waals surface area (Å²) in [6, 6.07) is 0.308. The first-order valence-electron chi connectivity index (χ1n) is 6.14. The Hall–Kier alpha value is -0.610. The minimum absolute atomic E-state index is 0.201. The monoisotopic (exact) mass is 228 g/mol. The highest BCUT2D eigenvalue weighted by molar-refractivity contribution is 5.78. The van der Waals surface area contributed by atoms with Gasteiger partial charge in [-0.1, -0.05) is 0 Å². The fourth-order valence-electron chi connectivity index (χ4n) is 2.23. The number of carbonyl (C=O) groups is 1. The number of hydrogen-bond acceptors (Lipinski definition) is 3. The molecule has 0 aromatic rings. The van der Waals surface area contributed by atoms with Gasteiger partial charge in [-0.05, 0) is 32.1 Å². The van der Waals surface area contributed by atoms with Crippen molar-refractivity contribution in [2.24, 2.45) is 11.7 Å². The molecule has 1 aliphatic rings. The number of amides is 1. The highest BCUT2D eigenvalue weighted by Gasteiger charge is 2.26. The fraction of sp³-hybridized carbons (Fsp3) is 0.917. The zero-order chi connectivity index (χ0) is 12.0. The normalized spacial score (nSPS) is 25.4. The lowest BCUT2D eigenvalue weighted by Gasteiger charge is -2.28. The standard InChI is InChI=1S/C12H24N2O2/c1-14(8-3-9-16-2)12(15)10-4-6-11(13)7-5-10/h10-11H,3-9,13H2,1-2H3. The Morgan fingerprint density at radius 3 is 2.56 bits per heavy atom. The van der Waals surface area contributed by atoms with Crippen LogP contribution in [-0.2, 0) is 9.53 Å². The maximum Gasteiger partial charge on any atom is 0.225 e. The minimum atomic E-state index is 0.201. The summed E-state index contributed by atoms with van der Waals surface area (Å²) in [7, 11) is 3.57. The van der Waals surface area contributed by atoms with Gasteiger partial charge in [0.15, 0.2) is 0 Å². The average Bonchev–Trinajstić information content (AvgIpc) is 2.29. The molecular weight excluding hydrogens is 204 g/mol. The quantitative estimate of drug-likeness (QED) is 0.714. The van der Waals surface area contributed by atoms with Gasteiger partial charge < -0.3 is 15.4 Å². The SMILES string of the molecule is COCCCN(C)C(=O)C1CCC(N)CC1. The van der Waals surface area contributed by atoms with Crippen LogP contribution in [0.4, 0.5) is 0 Å². The number of hydrogen-bond donors (Lipinski definition) is 1. The van der Waals surface area contributed by atoms with E-state index in [4.69, 9.17) is 10.5 Å². The molecule has 0 aliphatic heterocycles. The number of carbonyl (C=O) groups excluding carboxylic acids is 1. The van der Waals surface area contributed by atoms with Crippen LogP contribution < -0.4 is 5.73 Å². The predicted molar refractivity (Wildman–Crippen MR) is 64.1 cm³/mol. The molecule has 0 aromatic carbocycles. The third-order valence-electron chi connectivity index (χ3n) is 3.34. The Morgan fingerprint density at radius 2 is 2.00 bits per heavy atom. The predicted octanol–water partition coefficient (Wildman–Crippen LogP) is 0.999. The van der Waals surface area contributed by atoms with Gasteiger partial charge >= 0.3 is 0 Å². The third kappa shape index (κ3) is 4.10. The molecule has 2 N–H and O–H groups in total. The summed E-state index contributed by atoms with van der Waals surface area (Å²) >= 11 is 0. The van der Waals surface area contributed by atoms with Crippen molar-refractivity contribution in [1.29, 1.82) is 0 Å². The number of rotatable bonds is 5. The highest BCUT2D eigenvalue weighted by Crippen LogP contribution is 2.24. The Bertz CT molecular complexity index is 213. The molecule has 4 heteroatoms. The minimum Gasteiger partial charge on any atom is -0.385 e. The molecule has 94 valence electrons. The summed E-state index contributed by atoms with van der Waals surface area (Å²) in [5, 5.41) is 0. The molecule has 16 heavy (non-hydrogen) atoms. The maximum atomic E-state index is 12.0. The molecule has 0 heterocycles. The van der Waals surface area contributed by atoms with Gasteiger partial charge in [0.2, 0.25) is 5.91 Å². The molecular formula is C12H24N2O2. The van der Waals surface area contributed by atoms with E-state index in [1.54, 1.807) is 7.11 Å². The second-order valence-electron chi connectivity index (χ2n) is 4.72. The Labute approximate surface area is 98.1 Å². The van der Waals surface area contributed by atoms with Crippen molar-refractivity contribution in [2.75, 3.05) is 27.3 Å². The summed E-state index contributed by atoms with van der Waals surface area (Å²) in [6.07, 6.45) is 4.79. The molecule has 1 fully saturated rings.